The second kappa shape index (κ2) is 8.29. The molecule has 5 nitrogen and oxygen atoms in total. The number of aryl methyl sites for hydroxylation is 2. The summed E-state index contributed by atoms with van der Waals surface area (Å²) in [5.74, 6) is -0.387. The Morgan fingerprint density at radius 2 is 2.00 bits per heavy atom. The number of hydrogen-bond donors (Lipinski definition) is 2. The number of rotatable bonds is 6. The largest absolute Gasteiger partial charge is 0.330 e. The third kappa shape index (κ3) is 5.03. The van der Waals surface area contributed by atoms with E-state index in [9.17, 15) is 9.18 Å². The molecule has 0 saturated heterocycles. The predicted octanol–water partition coefficient (Wildman–Crippen LogP) is 4.77. The molecule has 3 rings (SSSR count). The Morgan fingerprint density at radius 3 is 2.77 bits per heavy atom. The molecule has 0 spiro atoms. The van der Waals surface area contributed by atoms with Crippen molar-refractivity contribution < 1.29 is 9.18 Å². The van der Waals surface area contributed by atoms with E-state index in [-0.39, 0.29) is 17.5 Å². The molecular formula is C18H17FN4OS2. The third-order valence-electron chi connectivity index (χ3n) is 3.46. The summed E-state index contributed by atoms with van der Waals surface area (Å²) >= 11 is 2.66. The van der Waals surface area contributed by atoms with E-state index in [4.69, 9.17) is 0 Å². The molecule has 1 heterocycles. The second-order valence-corrected chi connectivity index (χ2v) is 7.87. The molecule has 0 radical (unpaired) electrons. The molecule has 0 aliphatic rings. The molecule has 1 aromatic heterocycles. The van der Waals surface area contributed by atoms with Gasteiger partial charge in [0.1, 0.15) is 5.82 Å². The minimum atomic E-state index is -0.341. The van der Waals surface area contributed by atoms with Gasteiger partial charge >= 0.3 is 0 Å². The molecule has 0 bridgehead atoms. The number of anilines is 3. The lowest BCUT2D eigenvalue weighted by Crippen LogP contribution is -2.14. The number of thioether (sulfide) groups is 1. The lowest BCUT2D eigenvalue weighted by molar-refractivity contribution is -0.113. The fourth-order valence-electron chi connectivity index (χ4n) is 2.16. The summed E-state index contributed by atoms with van der Waals surface area (Å²) in [6.45, 7) is 3.69. The maximum absolute atomic E-state index is 13.5. The number of hydrogen-bond acceptors (Lipinski definition) is 6. The van der Waals surface area contributed by atoms with Gasteiger partial charge in [-0.2, -0.15) is 0 Å². The van der Waals surface area contributed by atoms with Crippen LogP contribution in [-0.2, 0) is 4.79 Å². The highest BCUT2D eigenvalue weighted by Crippen LogP contribution is 2.28. The lowest BCUT2D eigenvalue weighted by Gasteiger charge is -2.05. The number of halogens is 1. The summed E-state index contributed by atoms with van der Waals surface area (Å²) in [5.41, 5.74) is 3.08. The molecule has 0 saturated carbocycles. The van der Waals surface area contributed by atoms with E-state index in [2.05, 4.69) is 20.8 Å². The van der Waals surface area contributed by atoms with Crippen LogP contribution in [0.2, 0.25) is 0 Å². The summed E-state index contributed by atoms with van der Waals surface area (Å²) < 4.78 is 14.2. The van der Waals surface area contributed by atoms with Crippen LogP contribution in [0.3, 0.4) is 0 Å². The second-order valence-electron chi connectivity index (χ2n) is 5.67. The van der Waals surface area contributed by atoms with E-state index < -0.39 is 0 Å². The Kier molecular flexibility index (Phi) is 5.85. The van der Waals surface area contributed by atoms with E-state index in [1.165, 1.54) is 29.2 Å². The molecule has 26 heavy (non-hydrogen) atoms. The van der Waals surface area contributed by atoms with Crippen LogP contribution in [0.1, 0.15) is 11.1 Å². The number of aromatic nitrogens is 2. The van der Waals surface area contributed by atoms with Gasteiger partial charge in [0.25, 0.3) is 0 Å². The minimum Gasteiger partial charge on any atom is -0.330 e. The van der Waals surface area contributed by atoms with Gasteiger partial charge in [-0.3, -0.25) is 4.79 Å². The van der Waals surface area contributed by atoms with Gasteiger partial charge in [0.15, 0.2) is 4.34 Å². The van der Waals surface area contributed by atoms with Gasteiger partial charge in [0.2, 0.25) is 11.0 Å². The average Bonchev–Trinajstić information content (AvgIpc) is 3.04. The summed E-state index contributed by atoms with van der Waals surface area (Å²) in [6, 6.07) is 12.6. The van der Waals surface area contributed by atoms with Crippen molar-refractivity contribution in [2.24, 2.45) is 0 Å². The smallest absolute Gasteiger partial charge is 0.234 e. The number of nitrogens with zero attached hydrogens (tertiary/aromatic N) is 2. The van der Waals surface area contributed by atoms with Crippen molar-refractivity contribution in [2.75, 3.05) is 16.4 Å². The summed E-state index contributed by atoms with van der Waals surface area (Å²) in [5, 5.41) is 14.7. The Morgan fingerprint density at radius 1 is 1.15 bits per heavy atom. The van der Waals surface area contributed by atoms with E-state index in [0.29, 0.717) is 20.7 Å². The quantitative estimate of drug-likeness (QED) is 0.596. The van der Waals surface area contributed by atoms with Gasteiger partial charge in [0.05, 0.1) is 5.75 Å². The highest BCUT2D eigenvalue weighted by atomic mass is 32.2. The van der Waals surface area contributed by atoms with Crippen molar-refractivity contribution in [3.05, 3.63) is 59.4 Å². The first-order valence-electron chi connectivity index (χ1n) is 7.85. The van der Waals surface area contributed by atoms with Crippen LogP contribution >= 0.6 is 23.1 Å². The van der Waals surface area contributed by atoms with Crippen molar-refractivity contribution in [3.63, 3.8) is 0 Å². The number of nitrogens with one attached hydrogen (secondary N) is 2. The van der Waals surface area contributed by atoms with Gasteiger partial charge in [-0.1, -0.05) is 41.3 Å². The molecule has 1 amide bonds. The molecule has 0 unspecified atom stereocenters. The first kappa shape index (κ1) is 18.3. The molecule has 0 aliphatic heterocycles. The van der Waals surface area contributed by atoms with Crippen LogP contribution in [0.15, 0.2) is 46.8 Å². The van der Waals surface area contributed by atoms with Crippen LogP contribution in [0.4, 0.5) is 20.9 Å². The Labute approximate surface area is 159 Å². The Balaban J connectivity index is 1.52. The van der Waals surface area contributed by atoms with Crippen molar-refractivity contribution in [2.45, 2.75) is 18.2 Å². The molecule has 134 valence electrons. The summed E-state index contributed by atoms with van der Waals surface area (Å²) in [7, 11) is 0. The van der Waals surface area contributed by atoms with Gasteiger partial charge in [-0.15, -0.1) is 10.2 Å². The highest BCUT2D eigenvalue weighted by molar-refractivity contribution is 8.01. The molecule has 3 aromatic rings. The monoisotopic (exact) mass is 388 g/mol. The van der Waals surface area contributed by atoms with Gasteiger partial charge in [-0.25, -0.2) is 4.39 Å². The topological polar surface area (TPSA) is 66.9 Å². The van der Waals surface area contributed by atoms with Gasteiger partial charge in [-0.05, 0) is 49.2 Å². The van der Waals surface area contributed by atoms with E-state index in [0.717, 1.165) is 11.3 Å². The van der Waals surface area contributed by atoms with Crippen molar-refractivity contribution in [1.29, 1.82) is 0 Å². The Hall–Kier alpha value is -2.45. The van der Waals surface area contributed by atoms with Crippen LogP contribution in [0.5, 0.6) is 0 Å². The highest BCUT2D eigenvalue weighted by Gasteiger charge is 2.09. The zero-order valence-corrected chi connectivity index (χ0v) is 15.9. The molecule has 0 aliphatic carbocycles. The normalized spacial score (nSPS) is 10.6. The fraction of sp³-hybridized carbons (Fsp3) is 0.167. The van der Waals surface area contributed by atoms with Gasteiger partial charge in [0, 0.05) is 11.4 Å². The molecule has 0 atom stereocenters. The molecular weight excluding hydrogens is 371 g/mol. The van der Waals surface area contributed by atoms with E-state index in [1.54, 1.807) is 19.1 Å². The summed E-state index contributed by atoms with van der Waals surface area (Å²) in [6.07, 6.45) is 0. The number of carbonyl (C=O) groups excluding carboxylic acids is 1. The minimum absolute atomic E-state index is 0.175. The van der Waals surface area contributed by atoms with E-state index in [1.807, 2.05) is 31.2 Å². The summed E-state index contributed by atoms with van der Waals surface area (Å²) in [4.78, 5) is 12.0. The third-order valence-corrected chi connectivity index (χ3v) is 5.43. The standard InChI is InChI=1S/C18H17FN4OS2/c1-11-4-3-5-13(8-11)21-17-22-23-18(26-17)25-10-16(24)20-14-7-6-12(2)15(19)9-14/h3-9H,10H2,1-2H3,(H,20,24)(H,21,22). The molecule has 0 fully saturated rings. The van der Waals surface area contributed by atoms with Crippen LogP contribution in [-0.4, -0.2) is 21.9 Å². The zero-order chi connectivity index (χ0) is 18.5. The maximum atomic E-state index is 13.5. The first-order valence-corrected chi connectivity index (χ1v) is 9.66. The van der Waals surface area contributed by atoms with Gasteiger partial charge < -0.3 is 10.6 Å². The van der Waals surface area contributed by atoms with Crippen LogP contribution in [0, 0.1) is 19.7 Å². The average molecular weight is 388 g/mol. The van der Waals surface area contributed by atoms with Crippen LogP contribution < -0.4 is 10.6 Å². The molecule has 2 N–H and O–H groups in total. The molecule has 8 heteroatoms. The van der Waals surface area contributed by atoms with Crippen LogP contribution in [0.25, 0.3) is 0 Å². The molecule has 2 aromatic carbocycles. The predicted molar refractivity (Wildman–Crippen MR) is 105 cm³/mol. The number of carbonyl (C=O) groups is 1. The fourth-order valence-corrected chi connectivity index (χ4v) is 3.73. The van der Waals surface area contributed by atoms with E-state index >= 15 is 0 Å². The maximum Gasteiger partial charge on any atom is 0.234 e. The van der Waals surface area contributed by atoms with Crippen molar-refractivity contribution >= 4 is 45.5 Å². The number of benzene rings is 2. The number of amides is 1. The first-order chi connectivity index (χ1) is 12.5. The lowest BCUT2D eigenvalue weighted by atomic mass is 10.2. The van der Waals surface area contributed by atoms with Crippen molar-refractivity contribution in [3.8, 4) is 0 Å². The van der Waals surface area contributed by atoms with Crippen molar-refractivity contribution in [1.82, 2.24) is 10.2 Å². The zero-order valence-electron chi connectivity index (χ0n) is 14.2. The SMILES string of the molecule is Cc1cccc(Nc2nnc(SCC(=O)Nc3ccc(C)c(F)c3)s2)c1. The Bertz CT molecular complexity index is 929.